The zero-order chi connectivity index (χ0) is 6.91. The van der Waals surface area contributed by atoms with Gasteiger partial charge in [-0.05, 0) is 33.0 Å². The van der Waals surface area contributed by atoms with Crippen LogP contribution in [0.5, 0.6) is 0 Å². The van der Waals surface area contributed by atoms with Gasteiger partial charge >= 0.3 is 0 Å². The quantitative estimate of drug-likeness (QED) is 0.444. The molecule has 1 aliphatic rings. The molecule has 0 bridgehead atoms. The summed E-state index contributed by atoms with van der Waals surface area (Å²) in [5.74, 6) is 0. The molecular formula is C6H12BNO. The van der Waals surface area contributed by atoms with E-state index in [1.165, 1.54) is 0 Å². The summed E-state index contributed by atoms with van der Waals surface area (Å²) in [4.78, 5) is 2.17. The maximum atomic E-state index is 9.24. The third kappa shape index (κ3) is 1.99. The first-order chi connectivity index (χ1) is 4.10. The fourth-order valence-electron chi connectivity index (χ4n) is 1.01. The van der Waals surface area contributed by atoms with Crippen LogP contribution in [0.2, 0.25) is 0 Å². The summed E-state index contributed by atoms with van der Waals surface area (Å²) >= 11 is 0. The number of nitrogens with zero attached hydrogens (tertiary/aromatic N) is 1. The van der Waals surface area contributed by atoms with Gasteiger partial charge in [-0.3, -0.25) is 0 Å². The molecule has 0 atom stereocenters. The Morgan fingerprint density at radius 1 is 1.44 bits per heavy atom. The largest absolute Gasteiger partial charge is 0.400 e. The first kappa shape index (κ1) is 7.10. The number of rotatable bonds is 0. The minimum Gasteiger partial charge on any atom is -0.400 e. The van der Waals surface area contributed by atoms with Gasteiger partial charge in [0.25, 0.3) is 0 Å². The van der Waals surface area contributed by atoms with Gasteiger partial charge in [0.1, 0.15) is 7.85 Å². The molecule has 3 heteroatoms. The van der Waals surface area contributed by atoms with Crippen LogP contribution in [0.1, 0.15) is 12.8 Å². The molecule has 50 valence electrons. The van der Waals surface area contributed by atoms with Crippen molar-refractivity contribution in [3.63, 3.8) is 0 Å². The minimum atomic E-state index is -0.882. The number of likely N-dealkylation sites (tertiary alicyclic amines) is 1. The van der Waals surface area contributed by atoms with Crippen molar-refractivity contribution in [3.05, 3.63) is 0 Å². The van der Waals surface area contributed by atoms with Crippen LogP contribution in [0, 0.1) is 0 Å². The zero-order valence-corrected chi connectivity index (χ0v) is 5.80. The highest BCUT2D eigenvalue weighted by Crippen LogP contribution is 2.16. The van der Waals surface area contributed by atoms with Gasteiger partial charge < -0.3 is 10.0 Å². The molecule has 1 N–H and O–H groups in total. The van der Waals surface area contributed by atoms with Crippen LogP contribution in [0.3, 0.4) is 0 Å². The molecule has 1 rings (SSSR count). The molecular weight excluding hydrogens is 113 g/mol. The topological polar surface area (TPSA) is 23.5 Å². The van der Waals surface area contributed by atoms with Gasteiger partial charge in [0.15, 0.2) is 0 Å². The van der Waals surface area contributed by atoms with Gasteiger partial charge in [-0.1, -0.05) is 0 Å². The summed E-state index contributed by atoms with van der Waals surface area (Å²) in [7, 11) is 7.51. The second-order valence-corrected chi connectivity index (χ2v) is 2.91. The van der Waals surface area contributed by atoms with E-state index in [0.717, 1.165) is 13.1 Å². The molecule has 1 aliphatic heterocycles. The van der Waals surface area contributed by atoms with E-state index in [-0.39, 0.29) is 0 Å². The van der Waals surface area contributed by atoms with Crippen LogP contribution >= 0.6 is 0 Å². The molecule has 1 fully saturated rings. The predicted molar refractivity (Wildman–Crippen MR) is 37.4 cm³/mol. The summed E-state index contributed by atoms with van der Waals surface area (Å²) in [6, 6.07) is 0. The second kappa shape index (κ2) is 2.31. The predicted octanol–water partition coefficient (Wildman–Crippen LogP) is -0.431. The second-order valence-electron chi connectivity index (χ2n) is 2.91. The molecule has 1 saturated heterocycles. The van der Waals surface area contributed by atoms with Gasteiger partial charge in [-0.2, -0.15) is 0 Å². The molecule has 0 aromatic heterocycles. The number of hydrogen-bond acceptors (Lipinski definition) is 2. The van der Waals surface area contributed by atoms with Crippen molar-refractivity contribution in [2.45, 2.75) is 18.3 Å². The van der Waals surface area contributed by atoms with E-state index in [2.05, 4.69) is 4.90 Å². The Labute approximate surface area is 57.3 Å². The molecule has 0 aromatic carbocycles. The Bertz CT molecular complexity index is 95.2. The highest BCUT2D eigenvalue weighted by molar-refractivity contribution is 6.14. The smallest absolute Gasteiger partial charge is 0.113 e. The summed E-state index contributed by atoms with van der Waals surface area (Å²) in [5, 5.41) is 9.24. The zero-order valence-electron chi connectivity index (χ0n) is 5.80. The van der Waals surface area contributed by atoms with Gasteiger partial charge in [0.05, 0.1) is 0 Å². The molecule has 0 saturated carbocycles. The van der Waals surface area contributed by atoms with Crippen LogP contribution in [0.15, 0.2) is 0 Å². The fraction of sp³-hybridized carbons (Fsp3) is 1.00. The molecule has 0 aromatic rings. The monoisotopic (exact) mass is 125 g/mol. The van der Waals surface area contributed by atoms with Crippen LogP contribution in [0.25, 0.3) is 0 Å². The van der Waals surface area contributed by atoms with Crippen LogP contribution in [-0.4, -0.2) is 43.5 Å². The SMILES string of the molecule is [B]C1(O)CCN(C)CC1. The van der Waals surface area contributed by atoms with Crippen molar-refractivity contribution in [2.75, 3.05) is 20.1 Å². The third-order valence-corrected chi connectivity index (χ3v) is 1.85. The van der Waals surface area contributed by atoms with Gasteiger partial charge in [0, 0.05) is 5.50 Å². The van der Waals surface area contributed by atoms with Crippen molar-refractivity contribution in [1.82, 2.24) is 4.90 Å². The van der Waals surface area contributed by atoms with E-state index in [1.54, 1.807) is 0 Å². The molecule has 0 spiro atoms. The maximum Gasteiger partial charge on any atom is 0.113 e. The van der Waals surface area contributed by atoms with Crippen LogP contribution < -0.4 is 0 Å². The van der Waals surface area contributed by atoms with Gasteiger partial charge in [-0.15, -0.1) is 0 Å². The number of hydrogen-bond donors (Lipinski definition) is 1. The highest BCUT2D eigenvalue weighted by atomic mass is 16.3. The summed E-state index contributed by atoms with van der Waals surface area (Å²) in [6.07, 6.45) is 1.40. The fourth-order valence-corrected chi connectivity index (χ4v) is 1.01. The Balaban J connectivity index is 2.35. The standard InChI is InChI=1S/C6H12BNO/c1-8-4-2-6(7,9)3-5-8/h9H,2-5H2,1H3. The lowest BCUT2D eigenvalue weighted by Crippen LogP contribution is -2.42. The van der Waals surface area contributed by atoms with Crippen molar-refractivity contribution >= 4 is 7.85 Å². The number of aliphatic hydroxyl groups is 1. The van der Waals surface area contributed by atoms with E-state index in [0.29, 0.717) is 12.8 Å². The minimum absolute atomic E-state index is 0.698. The average Bonchev–Trinajstić information content (AvgIpc) is 1.78. The first-order valence-electron chi connectivity index (χ1n) is 3.30. The number of piperidine rings is 1. The third-order valence-electron chi connectivity index (χ3n) is 1.85. The summed E-state index contributed by atoms with van der Waals surface area (Å²) in [6.45, 7) is 1.82. The average molecular weight is 125 g/mol. The van der Waals surface area contributed by atoms with Crippen molar-refractivity contribution in [1.29, 1.82) is 0 Å². The summed E-state index contributed by atoms with van der Waals surface area (Å²) in [5.41, 5.74) is -0.882. The first-order valence-corrected chi connectivity index (χ1v) is 3.30. The van der Waals surface area contributed by atoms with E-state index < -0.39 is 5.50 Å². The molecule has 2 radical (unpaired) electrons. The van der Waals surface area contributed by atoms with E-state index >= 15 is 0 Å². The van der Waals surface area contributed by atoms with E-state index in [4.69, 9.17) is 7.85 Å². The molecule has 9 heavy (non-hydrogen) atoms. The Kier molecular flexibility index (Phi) is 1.82. The van der Waals surface area contributed by atoms with Crippen molar-refractivity contribution in [2.24, 2.45) is 0 Å². The molecule has 0 aliphatic carbocycles. The highest BCUT2D eigenvalue weighted by Gasteiger charge is 2.24. The van der Waals surface area contributed by atoms with E-state index in [9.17, 15) is 5.11 Å². The lowest BCUT2D eigenvalue weighted by atomic mass is 9.74. The molecule has 2 nitrogen and oxygen atoms in total. The van der Waals surface area contributed by atoms with Crippen molar-refractivity contribution in [3.8, 4) is 0 Å². The van der Waals surface area contributed by atoms with Gasteiger partial charge in [-0.25, -0.2) is 0 Å². The van der Waals surface area contributed by atoms with Crippen LogP contribution in [-0.2, 0) is 0 Å². The molecule has 0 unspecified atom stereocenters. The maximum absolute atomic E-state index is 9.24. The summed E-state index contributed by atoms with van der Waals surface area (Å²) < 4.78 is 0. The van der Waals surface area contributed by atoms with E-state index in [1.807, 2.05) is 7.05 Å². The van der Waals surface area contributed by atoms with Crippen LogP contribution in [0.4, 0.5) is 0 Å². The Hall–Kier alpha value is -0.0151. The lowest BCUT2D eigenvalue weighted by molar-refractivity contribution is 0.0564. The Morgan fingerprint density at radius 3 is 2.22 bits per heavy atom. The molecule has 0 amide bonds. The lowest BCUT2D eigenvalue weighted by Gasteiger charge is -2.33. The van der Waals surface area contributed by atoms with Crippen molar-refractivity contribution < 1.29 is 5.11 Å². The Morgan fingerprint density at radius 2 is 1.89 bits per heavy atom. The van der Waals surface area contributed by atoms with Gasteiger partial charge in [0.2, 0.25) is 0 Å². The molecule has 1 heterocycles. The normalized spacial score (nSPS) is 28.2.